The van der Waals surface area contributed by atoms with Crippen LogP contribution in [-0.2, 0) is 6.42 Å². The maximum Gasteiger partial charge on any atom is 0.0438 e. The second kappa shape index (κ2) is 5.68. The highest BCUT2D eigenvalue weighted by Crippen LogP contribution is 2.52. The molecule has 0 nitrogen and oxygen atoms in total. The molecule has 3 rings (SSSR count). The van der Waals surface area contributed by atoms with Gasteiger partial charge in [0.2, 0.25) is 0 Å². The van der Waals surface area contributed by atoms with Crippen LogP contribution in [0.2, 0.25) is 5.02 Å². The maximum atomic E-state index is 6.23. The molecule has 1 fully saturated rings. The predicted octanol–water partition coefficient (Wildman–Crippen LogP) is 5.45. The summed E-state index contributed by atoms with van der Waals surface area (Å²) in [5.74, 6) is 1.45. The Kier molecular flexibility index (Phi) is 3.95. The van der Waals surface area contributed by atoms with Gasteiger partial charge in [0.1, 0.15) is 0 Å². The molecule has 0 amide bonds. The number of alkyl halides is 1. The zero-order valence-corrected chi connectivity index (χ0v) is 12.9. The molecule has 1 saturated carbocycles. The van der Waals surface area contributed by atoms with Crippen molar-refractivity contribution in [2.75, 3.05) is 0 Å². The topological polar surface area (TPSA) is 0 Å². The van der Waals surface area contributed by atoms with E-state index in [4.69, 9.17) is 11.6 Å². The highest BCUT2D eigenvalue weighted by Gasteiger charge is 2.42. The van der Waals surface area contributed by atoms with Gasteiger partial charge in [0.25, 0.3) is 0 Å². The van der Waals surface area contributed by atoms with Crippen LogP contribution >= 0.6 is 27.5 Å². The van der Waals surface area contributed by atoms with Crippen molar-refractivity contribution in [1.29, 1.82) is 0 Å². The van der Waals surface area contributed by atoms with Gasteiger partial charge >= 0.3 is 0 Å². The van der Waals surface area contributed by atoms with Crippen molar-refractivity contribution in [3.63, 3.8) is 0 Å². The molecule has 3 unspecified atom stereocenters. The van der Waals surface area contributed by atoms with Gasteiger partial charge in [0.05, 0.1) is 0 Å². The van der Waals surface area contributed by atoms with Crippen LogP contribution in [0.1, 0.15) is 23.5 Å². The number of hydrogen-bond acceptors (Lipinski definition) is 0. The van der Waals surface area contributed by atoms with Gasteiger partial charge in [-0.25, -0.2) is 0 Å². The zero-order chi connectivity index (χ0) is 13.2. The Hall–Kier alpha value is -0.790. The van der Waals surface area contributed by atoms with E-state index in [1.54, 1.807) is 0 Å². The lowest BCUT2D eigenvalue weighted by Gasteiger charge is -2.11. The van der Waals surface area contributed by atoms with Crippen molar-refractivity contribution in [3.05, 3.63) is 70.7 Å². The summed E-state index contributed by atoms with van der Waals surface area (Å²) in [7, 11) is 0. The monoisotopic (exact) mass is 334 g/mol. The molecule has 0 saturated heterocycles. The molecule has 0 N–H and O–H groups in total. The first-order valence-corrected chi connectivity index (χ1v) is 7.97. The van der Waals surface area contributed by atoms with Gasteiger partial charge in [-0.2, -0.15) is 0 Å². The molecule has 2 aromatic carbocycles. The largest absolute Gasteiger partial charge is 0.0884 e. The fraction of sp³-hybridized carbons (Fsp3) is 0.294. The molecule has 0 spiro atoms. The Bertz CT molecular complexity index is 552. The molecule has 2 aromatic rings. The summed E-state index contributed by atoms with van der Waals surface area (Å²) in [6.07, 6.45) is 2.29. The normalized spacial score (nSPS) is 23.1. The third-order valence-electron chi connectivity index (χ3n) is 3.90. The predicted molar refractivity (Wildman–Crippen MR) is 85.2 cm³/mol. The first-order valence-electron chi connectivity index (χ1n) is 6.68. The van der Waals surface area contributed by atoms with Gasteiger partial charge in [-0.1, -0.05) is 76.1 Å². The summed E-state index contributed by atoms with van der Waals surface area (Å²) in [4.78, 5) is 0.512. The van der Waals surface area contributed by atoms with Crippen LogP contribution in [-0.4, -0.2) is 4.83 Å². The lowest BCUT2D eigenvalue weighted by molar-refractivity contribution is 0.735. The molecule has 3 atom stereocenters. The average Bonchev–Trinajstić information content (AvgIpc) is 3.23. The molecule has 0 radical (unpaired) electrons. The van der Waals surface area contributed by atoms with Gasteiger partial charge in [-0.3, -0.25) is 0 Å². The Balaban J connectivity index is 1.64. The van der Waals surface area contributed by atoms with Gasteiger partial charge in [-0.05, 0) is 41.9 Å². The Morgan fingerprint density at radius 2 is 1.74 bits per heavy atom. The van der Waals surface area contributed by atoms with Gasteiger partial charge in [0, 0.05) is 9.85 Å². The minimum atomic E-state index is 0.512. The standard InChI is InChI=1S/C17H16BrCl/c18-16(10-13-8-4-5-9-17(13)19)15-11-14(15)12-6-2-1-3-7-12/h1-9,14-16H,10-11H2. The van der Waals surface area contributed by atoms with Gasteiger partial charge in [-0.15, -0.1) is 0 Å². The first-order chi connectivity index (χ1) is 9.25. The van der Waals surface area contributed by atoms with Crippen molar-refractivity contribution in [2.24, 2.45) is 5.92 Å². The fourth-order valence-corrected chi connectivity index (χ4v) is 3.87. The van der Waals surface area contributed by atoms with Crippen LogP contribution in [0.5, 0.6) is 0 Å². The van der Waals surface area contributed by atoms with Crippen LogP contribution in [0.15, 0.2) is 54.6 Å². The van der Waals surface area contributed by atoms with Crippen LogP contribution in [0.4, 0.5) is 0 Å². The van der Waals surface area contributed by atoms with E-state index < -0.39 is 0 Å². The van der Waals surface area contributed by atoms with E-state index in [-0.39, 0.29) is 0 Å². The minimum Gasteiger partial charge on any atom is -0.0884 e. The summed E-state index contributed by atoms with van der Waals surface area (Å²) >= 11 is 10.1. The third kappa shape index (κ3) is 3.04. The molecule has 0 heterocycles. The molecule has 1 aliphatic rings. The van der Waals surface area contributed by atoms with Crippen LogP contribution in [0.25, 0.3) is 0 Å². The first kappa shape index (κ1) is 13.2. The van der Waals surface area contributed by atoms with E-state index in [0.29, 0.717) is 10.7 Å². The average molecular weight is 336 g/mol. The minimum absolute atomic E-state index is 0.512. The highest BCUT2D eigenvalue weighted by molar-refractivity contribution is 9.09. The SMILES string of the molecule is Clc1ccccc1CC(Br)C1CC1c1ccccc1. The summed E-state index contributed by atoms with van der Waals surface area (Å²) in [5, 5.41) is 0.879. The Morgan fingerprint density at radius 3 is 2.47 bits per heavy atom. The van der Waals surface area contributed by atoms with Crippen molar-refractivity contribution < 1.29 is 0 Å². The quantitative estimate of drug-likeness (QED) is 0.652. The van der Waals surface area contributed by atoms with E-state index in [1.807, 2.05) is 12.1 Å². The van der Waals surface area contributed by atoms with Gasteiger partial charge < -0.3 is 0 Å². The Labute approximate surface area is 127 Å². The Morgan fingerprint density at radius 1 is 1.05 bits per heavy atom. The highest BCUT2D eigenvalue weighted by atomic mass is 79.9. The second-order valence-electron chi connectivity index (χ2n) is 5.23. The molecule has 0 bridgehead atoms. The smallest absolute Gasteiger partial charge is 0.0438 e. The van der Waals surface area contributed by atoms with E-state index in [1.165, 1.54) is 17.5 Å². The third-order valence-corrected chi connectivity index (χ3v) is 5.28. The van der Waals surface area contributed by atoms with Crippen molar-refractivity contribution in [3.8, 4) is 0 Å². The van der Waals surface area contributed by atoms with Crippen LogP contribution in [0.3, 0.4) is 0 Å². The molecule has 2 heteroatoms. The maximum absolute atomic E-state index is 6.23. The summed E-state index contributed by atoms with van der Waals surface area (Å²) < 4.78 is 0. The zero-order valence-electron chi connectivity index (χ0n) is 10.6. The molecule has 1 aliphatic carbocycles. The molecular weight excluding hydrogens is 320 g/mol. The molecule has 98 valence electrons. The van der Waals surface area contributed by atoms with Crippen molar-refractivity contribution in [1.82, 2.24) is 0 Å². The fourth-order valence-electron chi connectivity index (χ4n) is 2.72. The summed E-state index contributed by atoms with van der Waals surface area (Å²) in [6.45, 7) is 0. The van der Waals surface area contributed by atoms with Crippen LogP contribution < -0.4 is 0 Å². The summed E-state index contributed by atoms with van der Waals surface area (Å²) in [6, 6.07) is 18.9. The molecule has 0 aliphatic heterocycles. The number of benzene rings is 2. The number of hydrogen-bond donors (Lipinski definition) is 0. The van der Waals surface area contributed by atoms with E-state index in [9.17, 15) is 0 Å². The van der Waals surface area contributed by atoms with E-state index in [2.05, 4.69) is 58.4 Å². The van der Waals surface area contributed by atoms with Crippen molar-refractivity contribution >= 4 is 27.5 Å². The molecule has 19 heavy (non-hydrogen) atoms. The second-order valence-corrected chi connectivity index (χ2v) is 6.81. The van der Waals surface area contributed by atoms with E-state index in [0.717, 1.165) is 17.4 Å². The van der Waals surface area contributed by atoms with Crippen molar-refractivity contribution in [2.45, 2.75) is 23.6 Å². The van der Waals surface area contributed by atoms with Crippen LogP contribution in [0, 0.1) is 5.92 Å². The van der Waals surface area contributed by atoms with E-state index >= 15 is 0 Å². The number of rotatable bonds is 4. The lowest BCUT2D eigenvalue weighted by Crippen LogP contribution is -2.07. The lowest BCUT2D eigenvalue weighted by atomic mass is 10.0. The number of halogens is 2. The van der Waals surface area contributed by atoms with Gasteiger partial charge in [0.15, 0.2) is 0 Å². The molecule has 0 aromatic heterocycles. The molecular formula is C17H16BrCl. The summed E-state index contributed by atoms with van der Waals surface area (Å²) in [5.41, 5.74) is 2.71.